The number of aliphatic carboxylic acids is 1. The molecule has 0 saturated carbocycles. The van der Waals surface area contributed by atoms with Crippen molar-refractivity contribution in [3.05, 3.63) is 16.7 Å². The Balaban J connectivity index is 2.12. The third-order valence-corrected chi connectivity index (χ3v) is 4.05. The van der Waals surface area contributed by atoms with Crippen LogP contribution < -0.4 is 15.2 Å². The number of nitrogens with two attached hydrogens (primary N) is 1. The molecule has 114 valence electrons. The van der Waals surface area contributed by atoms with E-state index in [0.29, 0.717) is 29.9 Å². The Morgan fingerprint density at radius 1 is 1.24 bits per heavy atom. The highest BCUT2D eigenvalue weighted by Gasteiger charge is 2.36. The highest BCUT2D eigenvalue weighted by molar-refractivity contribution is 5.75. The number of aromatic hydroxyl groups is 1. The predicted octanol–water partition coefficient (Wildman–Crippen LogP) is 0.993. The van der Waals surface area contributed by atoms with Gasteiger partial charge in [-0.25, -0.2) is 0 Å². The number of ether oxygens (including phenoxy) is 2. The zero-order valence-corrected chi connectivity index (χ0v) is 12.0. The molecular formula is C15H19NO5. The molecule has 3 rings (SSSR count). The second-order valence-corrected chi connectivity index (χ2v) is 5.86. The van der Waals surface area contributed by atoms with Gasteiger partial charge in [0, 0.05) is 36.0 Å². The molecule has 3 unspecified atom stereocenters. The van der Waals surface area contributed by atoms with Crippen LogP contribution in [0.2, 0.25) is 0 Å². The molecule has 6 heteroatoms. The van der Waals surface area contributed by atoms with Crippen molar-refractivity contribution in [2.75, 3.05) is 0 Å². The maximum atomic E-state index is 11.1. The van der Waals surface area contributed by atoms with Crippen molar-refractivity contribution in [3.8, 4) is 17.2 Å². The Labute approximate surface area is 122 Å². The van der Waals surface area contributed by atoms with Crippen LogP contribution in [0.5, 0.6) is 17.2 Å². The lowest BCUT2D eigenvalue weighted by atomic mass is 9.93. The fourth-order valence-electron chi connectivity index (χ4n) is 3.10. The highest BCUT2D eigenvalue weighted by atomic mass is 16.5. The van der Waals surface area contributed by atoms with Crippen LogP contribution in [0.4, 0.5) is 0 Å². The van der Waals surface area contributed by atoms with Crippen LogP contribution in [-0.4, -0.2) is 34.4 Å². The normalized spacial score (nSPS) is 24.0. The summed E-state index contributed by atoms with van der Waals surface area (Å²) in [7, 11) is 0. The van der Waals surface area contributed by atoms with Gasteiger partial charge in [-0.2, -0.15) is 0 Å². The summed E-state index contributed by atoms with van der Waals surface area (Å²) >= 11 is 0. The van der Waals surface area contributed by atoms with E-state index in [-0.39, 0.29) is 24.4 Å². The van der Waals surface area contributed by atoms with E-state index < -0.39 is 12.0 Å². The Hall–Kier alpha value is -1.95. The fraction of sp³-hybridized carbons (Fsp3) is 0.533. The SMILES string of the molecule is CC1Cc2c(CC(N)C(=O)O)c3c(c(O)c2O1)CC(C)O3. The van der Waals surface area contributed by atoms with E-state index >= 15 is 0 Å². The number of carboxylic acids is 1. The lowest BCUT2D eigenvalue weighted by molar-refractivity contribution is -0.138. The smallest absolute Gasteiger partial charge is 0.320 e. The van der Waals surface area contributed by atoms with Crippen molar-refractivity contribution in [1.82, 2.24) is 0 Å². The summed E-state index contributed by atoms with van der Waals surface area (Å²) in [4.78, 5) is 11.1. The van der Waals surface area contributed by atoms with Gasteiger partial charge in [-0.3, -0.25) is 4.79 Å². The summed E-state index contributed by atoms with van der Waals surface area (Å²) in [5.41, 5.74) is 7.97. The van der Waals surface area contributed by atoms with Crippen LogP contribution >= 0.6 is 0 Å². The average Bonchev–Trinajstić information content (AvgIpc) is 2.97. The maximum Gasteiger partial charge on any atom is 0.320 e. The van der Waals surface area contributed by atoms with E-state index in [1.165, 1.54) is 0 Å². The maximum absolute atomic E-state index is 11.1. The summed E-state index contributed by atoms with van der Waals surface area (Å²) in [5, 5.41) is 19.4. The summed E-state index contributed by atoms with van der Waals surface area (Å²) in [6.07, 6.45) is 1.27. The first-order chi connectivity index (χ1) is 9.88. The van der Waals surface area contributed by atoms with Gasteiger partial charge in [0.2, 0.25) is 0 Å². The zero-order valence-electron chi connectivity index (χ0n) is 12.0. The van der Waals surface area contributed by atoms with E-state index in [2.05, 4.69) is 0 Å². The Morgan fingerprint density at radius 2 is 1.81 bits per heavy atom. The zero-order chi connectivity index (χ0) is 15.3. The molecule has 1 aromatic carbocycles. The van der Waals surface area contributed by atoms with Crippen LogP contribution in [0.1, 0.15) is 30.5 Å². The molecule has 0 amide bonds. The second-order valence-electron chi connectivity index (χ2n) is 5.86. The standard InChI is InChI=1S/C15H19NO5/c1-6-3-8-9(5-11(16)15(18)19)13-10(4-7(2)20-13)12(17)14(8)21-6/h6-7,11,17H,3-5,16H2,1-2H3,(H,18,19). The third kappa shape index (κ3) is 2.19. The van der Waals surface area contributed by atoms with Crippen molar-refractivity contribution in [2.45, 2.75) is 51.4 Å². The first-order valence-corrected chi connectivity index (χ1v) is 7.09. The molecule has 2 heterocycles. The molecule has 3 atom stereocenters. The van der Waals surface area contributed by atoms with Crippen molar-refractivity contribution in [2.24, 2.45) is 5.73 Å². The molecule has 0 aliphatic carbocycles. The van der Waals surface area contributed by atoms with Crippen LogP contribution in [0.25, 0.3) is 0 Å². The number of hydrogen-bond donors (Lipinski definition) is 3. The quantitative estimate of drug-likeness (QED) is 0.768. The molecule has 2 aliphatic rings. The number of rotatable bonds is 3. The van der Waals surface area contributed by atoms with Crippen LogP contribution in [0.15, 0.2) is 0 Å². The van der Waals surface area contributed by atoms with Crippen LogP contribution in [-0.2, 0) is 24.1 Å². The van der Waals surface area contributed by atoms with Gasteiger partial charge in [0.25, 0.3) is 0 Å². The minimum atomic E-state index is -1.05. The van der Waals surface area contributed by atoms with Gasteiger partial charge in [0.15, 0.2) is 11.5 Å². The van der Waals surface area contributed by atoms with E-state index in [1.54, 1.807) is 0 Å². The van der Waals surface area contributed by atoms with Gasteiger partial charge in [0.1, 0.15) is 24.0 Å². The number of phenolic OH excluding ortho intramolecular Hbond substituents is 1. The molecule has 21 heavy (non-hydrogen) atoms. The topological polar surface area (TPSA) is 102 Å². The lowest BCUT2D eigenvalue weighted by Gasteiger charge is -2.16. The molecule has 0 fully saturated rings. The third-order valence-electron chi connectivity index (χ3n) is 4.05. The van der Waals surface area contributed by atoms with Gasteiger partial charge in [-0.05, 0) is 13.8 Å². The number of phenols is 1. The van der Waals surface area contributed by atoms with E-state index in [4.69, 9.17) is 20.3 Å². The van der Waals surface area contributed by atoms with Crippen molar-refractivity contribution >= 4 is 5.97 Å². The summed E-state index contributed by atoms with van der Waals surface area (Å²) in [5.74, 6) is 0.129. The van der Waals surface area contributed by atoms with Crippen molar-refractivity contribution < 1.29 is 24.5 Å². The van der Waals surface area contributed by atoms with Crippen LogP contribution in [0.3, 0.4) is 0 Å². The van der Waals surface area contributed by atoms with Gasteiger partial charge >= 0.3 is 5.97 Å². The number of carboxylic acid groups (broad SMARTS) is 1. The van der Waals surface area contributed by atoms with Gasteiger partial charge < -0.3 is 25.4 Å². The summed E-state index contributed by atoms with van der Waals surface area (Å²) < 4.78 is 11.5. The number of hydrogen-bond acceptors (Lipinski definition) is 5. The minimum absolute atomic E-state index is 0.0503. The van der Waals surface area contributed by atoms with E-state index in [9.17, 15) is 9.90 Å². The second kappa shape index (κ2) is 4.80. The van der Waals surface area contributed by atoms with Crippen molar-refractivity contribution in [3.63, 3.8) is 0 Å². The molecule has 6 nitrogen and oxygen atoms in total. The monoisotopic (exact) mass is 293 g/mol. The largest absolute Gasteiger partial charge is 0.504 e. The lowest BCUT2D eigenvalue weighted by Crippen LogP contribution is -2.32. The fourth-order valence-corrected chi connectivity index (χ4v) is 3.10. The first-order valence-electron chi connectivity index (χ1n) is 7.09. The summed E-state index contributed by atoms with van der Waals surface area (Å²) in [6, 6.07) is -1.00. The number of benzene rings is 1. The van der Waals surface area contributed by atoms with Crippen molar-refractivity contribution in [1.29, 1.82) is 0 Å². The molecule has 0 aromatic heterocycles. The van der Waals surface area contributed by atoms with Gasteiger partial charge in [0.05, 0.1) is 0 Å². The summed E-state index contributed by atoms with van der Waals surface area (Å²) in [6.45, 7) is 3.82. The highest BCUT2D eigenvalue weighted by Crippen LogP contribution is 2.50. The van der Waals surface area contributed by atoms with Crippen LogP contribution in [0, 0.1) is 0 Å². The molecule has 0 saturated heterocycles. The molecule has 1 aromatic rings. The molecule has 0 radical (unpaired) electrons. The van der Waals surface area contributed by atoms with Gasteiger partial charge in [-0.1, -0.05) is 0 Å². The Kier molecular flexibility index (Phi) is 3.20. The molecule has 4 N–H and O–H groups in total. The molecule has 0 spiro atoms. The Morgan fingerprint density at radius 3 is 2.43 bits per heavy atom. The molecule has 2 aliphatic heterocycles. The number of carbonyl (C=O) groups is 1. The van der Waals surface area contributed by atoms with E-state index in [0.717, 1.165) is 11.1 Å². The predicted molar refractivity (Wildman–Crippen MR) is 75.0 cm³/mol. The molecule has 0 bridgehead atoms. The first kappa shape index (κ1) is 14.0. The van der Waals surface area contributed by atoms with Gasteiger partial charge in [-0.15, -0.1) is 0 Å². The minimum Gasteiger partial charge on any atom is -0.504 e. The number of fused-ring (bicyclic) bond motifs is 2. The van der Waals surface area contributed by atoms with E-state index in [1.807, 2.05) is 13.8 Å². The molecular weight excluding hydrogens is 274 g/mol. The Bertz CT molecular complexity index is 574. The average molecular weight is 293 g/mol.